The maximum absolute atomic E-state index is 12.1. The van der Waals surface area contributed by atoms with Crippen LogP contribution in [-0.2, 0) is 11.2 Å². The Morgan fingerprint density at radius 3 is 2.95 bits per heavy atom. The zero-order valence-electron chi connectivity index (χ0n) is 12.6. The predicted molar refractivity (Wildman–Crippen MR) is 82.7 cm³/mol. The van der Waals surface area contributed by atoms with E-state index in [4.69, 9.17) is 0 Å². The summed E-state index contributed by atoms with van der Waals surface area (Å²) in [5.74, 6) is 0.823. The van der Waals surface area contributed by atoms with Crippen LogP contribution < -0.4 is 10.6 Å². The number of carbonyl (C=O) groups is 1. The van der Waals surface area contributed by atoms with E-state index in [2.05, 4.69) is 30.5 Å². The van der Waals surface area contributed by atoms with Gasteiger partial charge in [-0.2, -0.15) is 0 Å². The molecule has 0 saturated carbocycles. The highest BCUT2D eigenvalue weighted by Gasteiger charge is 2.23. The van der Waals surface area contributed by atoms with Gasteiger partial charge in [0.15, 0.2) is 0 Å². The van der Waals surface area contributed by atoms with Crippen LogP contribution in [0.5, 0.6) is 0 Å². The molecule has 2 N–H and O–H groups in total. The van der Waals surface area contributed by atoms with E-state index < -0.39 is 0 Å². The van der Waals surface area contributed by atoms with Crippen molar-refractivity contribution in [3.8, 4) is 0 Å². The summed E-state index contributed by atoms with van der Waals surface area (Å²) in [6.45, 7) is 6.12. The smallest absolute Gasteiger partial charge is 0.224 e. The van der Waals surface area contributed by atoms with Crippen LogP contribution >= 0.6 is 0 Å². The van der Waals surface area contributed by atoms with Gasteiger partial charge in [0, 0.05) is 12.6 Å². The molecule has 2 atom stereocenters. The van der Waals surface area contributed by atoms with E-state index in [-0.39, 0.29) is 5.91 Å². The van der Waals surface area contributed by atoms with Crippen LogP contribution in [-0.4, -0.2) is 25.0 Å². The quantitative estimate of drug-likeness (QED) is 0.866. The molecule has 1 aromatic rings. The lowest BCUT2D eigenvalue weighted by atomic mass is 9.88. The van der Waals surface area contributed by atoms with Gasteiger partial charge in [0.25, 0.3) is 0 Å². The molecule has 3 heteroatoms. The van der Waals surface area contributed by atoms with Crippen molar-refractivity contribution in [2.75, 3.05) is 13.1 Å². The minimum Gasteiger partial charge on any atom is -0.354 e. The molecule has 1 aromatic carbocycles. The number of aryl methyl sites for hydroxylation is 1. The number of piperidine rings is 1. The first-order chi connectivity index (χ1) is 9.70. The van der Waals surface area contributed by atoms with Crippen molar-refractivity contribution in [1.82, 2.24) is 10.6 Å². The summed E-state index contributed by atoms with van der Waals surface area (Å²) in [4.78, 5) is 12.1. The van der Waals surface area contributed by atoms with Crippen molar-refractivity contribution < 1.29 is 4.79 Å². The molecule has 0 aromatic heterocycles. The molecule has 20 heavy (non-hydrogen) atoms. The van der Waals surface area contributed by atoms with Crippen molar-refractivity contribution in [2.45, 2.75) is 45.6 Å². The standard InChI is InChI=1S/C17H26N2O/c1-3-14-9-6-10-18-16(14)12-19-17(20)11-15-8-5-4-7-13(15)2/h4-5,7-8,14,16,18H,3,6,9-12H2,1-2H3,(H,19,20). The van der Waals surface area contributed by atoms with E-state index in [1.807, 2.05) is 18.2 Å². The molecule has 1 aliphatic heterocycles. The van der Waals surface area contributed by atoms with E-state index >= 15 is 0 Å². The number of hydrogen-bond acceptors (Lipinski definition) is 2. The second kappa shape index (κ2) is 7.44. The summed E-state index contributed by atoms with van der Waals surface area (Å²) in [6, 6.07) is 8.52. The van der Waals surface area contributed by atoms with Crippen LogP contribution in [0.15, 0.2) is 24.3 Å². The maximum atomic E-state index is 12.1. The summed E-state index contributed by atoms with van der Waals surface area (Å²) in [5.41, 5.74) is 2.30. The van der Waals surface area contributed by atoms with E-state index in [0.717, 1.165) is 18.7 Å². The maximum Gasteiger partial charge on any atom is 0.224 e. The molecule has 3 nitrogen and oxygen atoms in total. The lowest BCUT2D eigenvalue weighted by molar-refractivity contribution is -0.120. The number of nitrogens with one attached hydrogen (secondary N) is 2. The normalized spacial score (nSPS) is 22.5. The highest BCUT2D eigenvalue weighted by Crippen LogP contribution is 2.19. The van der Waals surface area contributed by atoms with E-state index in [1.54, 1.807) is 0 Å². The fraction of sp³-hybridized carbons (Fsp3) is 0.588. The molecule has 110 valence electrons. The lowest BCUT2D eigenvalue weighted by Gasteiger charge is -2.32. The van der Waals surface area contributed by atoms with Crippen molar-refractivity contribution in [1.29, 1.82) is 0 Å². The first-order valence-corrected chi connectivity index (χ1v) is 7.75. The monoisotopic (exact) mass is 274 g/mol. The molecule has 1 heterocycles. The second-order valence-corrected chi connectivity index (χ2v) is 5.78. The minimum atomic E-state index is 0.126. The summed E-state index contributed by atoms with van der Waals surface area (Å²) >= 11 is 0. The van der Waals surface area contributed by atoms with Crippen molar-refractivity contribution >= 4 is 5.91 Å². The van der Waals surface area contributed by atoms with Crippen molar-refractivity contribution in [3.05, 3.63) is 35.4 Å². The second-order valence-electron chi connectivity index (χ2n) is 5.78. The third-order valence-corrected chi connectivity index (χ3v) is 4.38. The molecule has 1 aliphatic rings. The van der Waals surface area contributed by atoms with Gasteiger partial charge in [0.2, 0.25) is 5.91 Å². The fourth-order valence-electron chi connectivity index (χ4n) is 3.01. The van der Waals surface area contributed by atoms with Gasteiger partial charge in [-0.3, -0.25) is 4.79 Å². The molecule has 2 unspecified atom stereocenters. The van der Waals surface area contributed by atoms with Gasteiger partial charge >= 0.3 is 0 Å². The van der Waals surface area contributed by atoms with Crippen LogP contribution in [0.1, 0.15) is 37.3 Å². The van der Waals surface area contributed by atoms with Crippen LogP contribution in [0.2, 0.25) is 0 Å². The minimum absolute atomic E-state index is 0.126. The number of hydrogen-bond donors (Lipinski definition) is 2. The molecule has 2 rings (SSSR count). The molecule has 0 radical (unpaired) electrons. The third kappa shape index (κ3) is 4.07. The Kier molecular flexibility index (Phi) is 5.60. The summed E-state index contributed by atoms with van der Waals surface area (Å²) < 4.78 is 0. The van der Waals surface area contributed by atoms with Crippen LogP contribution in [0.3, 0.4) is 0 Å². The Balaban J connectivity index is 1.81. The van der Waals surface area contributed by atoms with Gasteiger partial charge < -0.3 is 10.6 Å². The lowest BCUT2D eigenvalue weighted by Crippen LogP contribution is -2.48. The van der Waals surface area contributed by atoms with Gasteiger partial charge in [-0.25, -0.2) is 0 Å². The Morgan fingerprint density at radius 2 is 2.20 bits per heavy atom. The van der Waals surface area contributed by atoms with Crippen LogP contribution in [0.4, 0.5) is 0 Å². The Hall–Kier alpha value is -1.35. The van der Waals surface area contributed by atoms with Crippen molar-refractivity contribution in [3.63, 3.8) is 0 Å². The number of rotatable bonds is 5. The average molecular weight is 274 g/mol. The predicted octanol–water partition coefficient (Wildman–Crippen LogP) is 2.43. The highest BCUT2D eigenvalue weighted by atomic mass is 16.1. The first kappa shape index (κ1) is 15.0. The number of amides is 1. The number of benzene rings is 1. The average Bonchev–Trinajstić information content (AvgIpc) is 2.48. The summed E-state index contributed by atoms with van der Waals surface area (Å²) in [7, 11) is 0. The van der Waals surface area contributed by atoms with E-state index in [9.17, 15) is 4.79 Å². The molecule has 0 bridgehead atoms. The molecule has 0 aliphatic carbocycles. The van der Waals surface area contributed by atoms with Gasteiger partial charge in [0.05, 0.1) is 6.42 Å². The van der Waals surface area contributed by atoms with Crippen LogP contribution in [0.25, 0.3) is 0 Å². The SMILES string of the molecule is CCC1CCCNC1CNC(=O)Cc1ccccc1C. The van der Waals surface area contributed by atoms with E-state index in [0.29, 0.717) is 18.4 Å². The van der Waals surface area contributed by atoms with Gasteiger partial charge in [0.1, 0.15) is 0 Å². The topological polar surface area (TPSA) is 41.1 Å². The molecule has 1 saturated heterocycles. The Bertz CT molecular complexity index is 444. The molecule has 1 amide bonds. The molecule has 0 spiro atoms. The largest absolute Gasteiger partial charge is 0.354 e. The summed E-state index contributed by atoms with van der Waals surface area (Å²) in [5, 5.41) is 6.63. The van der Waals surface area contributed by atoms with Crippen LogP contribution in [0, 0.1) is 12.8 Å². The van der Waals surface area contributed by atoms with Gasteiger partial charge in [-0.1, -0.05) is 37.6 Å². The first-order valence-electron chi connectivity index (χ1n) is 7.75. The Labute approximate surface area is 122 Å². The highest BCUT2D eigenvalue weighted by molar-refractivity contribution is 5.78. The molecule has 1 fully saturated rings. The fourth-order valence-corrected chi connectivity index (χ4v) is 3.01. The number of carbonyl (C=O) groups excluding carboxylic acids is 1. The third-order valence-electron chi connectivity index (χ3n) is 4.38. The zero-order chi connectivity index (χ0) is 14.4. The Morgan fingerprint density at radius 1 is 1.40 bits per heavy atom. The molecular weight excluding hydrogens is 248 g/mol. The zero-order valence-corrected chi connectivity index (χ0v) is 12.6. The van der Waals surface area contributed by atoms with Gasteiger partial charge in [-0.05, 0) is 43.4 Å². The van der Waals surface area contributed by atoms with Gasteiger partial charge in [-0.15, -0.1) is 0 Å². The van der Waals surface area contributed by atoms with E-state index in [1.165, 1.54) is 24.8 Å². The summed E-state index contributed by atoms with van der Waals surface area (Å²) in [6.07, 6.45) is 4.20. The molecular formula is C17H26N2O. The van der Waals surface area contributed by atoms with Crippen molar-refractivity contribution in [2.24, 2.45) is 5.92 Å².